The molecule has 2 aliphatic carbocycles. The molecule has 4 fully saturated rings. The second-order valence-corrected chi connectivity index (χ2v) is 10.9. The quantitative estimate of drug-likeness (QED) is 0.332. The van der Waals surface area contributed by atoms with Crippen molar-refractivity contribution in [2.24, 2.45) is 11.8 Å². The summed E-state index contributed by atoms with van der Waals surface area (Å²) in [5.41, 5.74) is 6.75. The summed E-state index contributed by atoms with van der Waals surface area (Å²) in [4.78, 5) is 16.2. The van der Waals surface area contributed by atoms with Crippen molar-refractivity contribution in [2.75, 3.05) is 0 Å². The molecule has 7 nitrogen and oxygen atoms in total. The van der Waals surface area contributed by atoms with Gasteiger partial charge in [0.25, 0.3) is 0 Å². The summed E-state index contributed by atoms with van der Waals surface area (Å²) in [5.74, 6) is 3.57. The molecule has 0 spiro atoms. The van der Waals surface area contributed by atoms with E-state index < -0.39 is 0 Å². The number of hydrogen-bond donors (Lipinski definition) is 4. The number of imidazole rings is 2. The number of piperidine rings is 2. The molecule has 6 atom stereocenters. The van der Waals surface area contributed by atoms with E-state index in [9.17, 15) is 5.26 Å². The predicted octanol–water partition coefficient (Wildman–Crippen LogP) is 4.85. The average Bonchev–Trinajstić information content (AvgIpc) is 3.50. The molecule has 2 saturated heterocycles. The minimum atomic E-state index is 0.235. The second-order valence-electron chi connectivity index (χ2n) is 10.9. The minimum absolute atomic E-state index is 0.235. The van der Waals surface area contributed by atoms with E-state index in [2.05, 4.69) is 85.2 Å². The van der Waals surface area contributed by atoms with Crippen LogP contribution < -0.4 is 10.6 Å². The molecule has 4 aromatic rings. The number of nitriles is 1. The SMILES string of the molecule is N#Cc1nc([C@@H]2CC3CC3N2)[nH]c1-c1ccc(-c2ccc(-c3cnc([C@@H]4C[C@H]5C[C@H]5N4)[nH]3)cc2)cc1. The van der Waals surface area contributed by atoms with Crippen molar-refractivity contribution in [3.05, 3.63) is 72.1 Å². The lowest BCUT2D eigenvalue weighted by atomic mass is 10.0. The van der Waals surface area contributed by atoms with E-state index in [-0.39, 0.29) is 6.04 Å². The molecule has 2 saturated carbocycles. The highest BCUT2D eigenvalue weighted by atomic mass is 15.1. The Morgan fingerprint density at radius 2 is 1.28 bits per heavy atom. The minimum Gasteiger partial charge on any atom is -0.341 e. The molecule has 2 unspecified atom stereocenters. The molecule has 2 aliphatic heterocycles. The van der Waals surface area contributed by atoms with Crippen molar-refractivity contribution in [3.8, 4) is 39.7 Å². The Morgan fingerprint density at radius 3 is 1.86 bits per heavy atom. The van der Waals surface area contributed by atoms with Gasteiger partial charge in [0.2, 0.25) is 0 Å². The maximum Gasteiger partial charge on any atom is 0.166 e. The number of rotatable bonds is 5. The predicted molar refractivity (Wildman–Crippen MR) is 137 cm³/mol. The van der Waals surface area contributed by atoms with Gasteiger partial charge in [-0.3, -0.25) is 0 Å². The fraction of sp³-hybridized carbons (Fsp3) is 0.345. The third-order valence-corrected chi connectivity index (χ3v) is 8.54. The van der Waals surface area contributed by atoms with Gasteiger partial charge in [-0.25, -0.2) is 9.97 Å². The summed E-state index contributed by atoms with van der Waals surface area (Å²) < 4.78 is 0. The number of aromatic amines is 2. The Hall–Kier alpha value is -3.73. The van der Waals surface area contributed by atoms with E-state index in [1.54, 1.807) is 0 Å². The van der Waals surface area contributed by atoms with E-state index >= 15 is 0 Å². The first kappa shape index (κ1) is 20.5. The van der Waals surface area contributed by atoms with Gasteiger partial charge in [0.15, 0.2) is 5.69 Å². The van der Waals surface area contributed by atoms with Crippen molar-refractivity contribution >= 4 is 0 Å². The van der Waals surface area contributed by atoms with Gasteiger partial charge in [-0.2, -0.15) is 5.26 Å². The van der Waals surface area contributed by atoms with Gasteiger partial charge in [0, 0.05) is 17.6 Å². The normalized spacial score (nSPS) is 29.5. The number of nitrogens with one attached hydrogen (secondary N) is 4. The van der Waals surface area contributed by atoms with Gasteiger partial charge < -0.3 is 20.6 Å². The molecule has 0 bridgehead atoms. The lowest BCUT2D eigenvalue weighted by Gasteiger charge is -2.09. The molecule has 0 amide bonds. The van der Waals surface area contributed by atoms with E-state index in [0.717, 1.165) is 63.5 Å². The van der Waals surface area contributed by atoms with Crippen molar-refractivity contribution < 1.29 is 0 Å². The number of fused-ring (bicyclic) bond motifs is 2. The summed E-state index contributed by atoms with van der Waals surface area (Å²) in [6, 6.07) is 21.2. The van der Waals surface area contributed by atoms with E-state index in [1.807, 2.05) is 6.20 Å². The van der Waals surface area contributed by atoms with E-state index in [4.69, 9.17) is 0 Å². The topological polar surface area (TPSA) is 105 Å². The molecule has 8 rings (SSSR count). The third-order valence-electron chi connectivity index (χ3n) is 8.54. The van der Waals surface area contributed by atoms with Crippen LogP contribution >= 0.6 is 0 Å². The van der Waals surface area contributed by atoms with Crippen LogP contribution in [0.25, 0.3) is 33.6 Å². The van der Waals surface area contributed by atoms with Crippen molar-refractivity contribution in [2.45, 2.75) is 49.9 Å². The smallest absolute Gasteiger partial charge is 0.166 e. The van der Waals surface area contributed by atoms with Crippen LogP contribution in [-0.2, 0) is 0 Å². The van der Waals surface area contributed by atoms with Gasteiger partial charge >= 0.3 is 0 Å². The molecule has 4 heterocycles. The molecule has 4 N–H and O–H groups in total. The second kappa shape index (κ2) is 7.63. The summed E-state index contributed by atoms with van der Waals surface area (Å²) in [6.45, 7) is 0. The van der Waals surface area contributed by atoms with Crippen LogP contribution in [0.2, 0.25) is 0 Å². The van der Waals surface area contributed by atoms with Crippen LogP contribution in [0.3, 0.4) is 0 Å². The van der Waals surface area contributed by atoms with Crippen molar-refractivity contribution in [1.82, 2.24) is 30.6 Å². The fourth-order valence-corrected chi connectivity index (χ4v) is 6.24. The number of benzene rings is 2. The summed E-state index contributed by atoms with van der Waals surface area (Å²) >= 11 is 0. The van der Waals surface area contributed by atoms with Gasteiger partial charge in [0.05, 0.1) is 29.7 Å². The van der Waals surface area contributed by atoms with E-state index in [0.29, 0.717) is 23.8 Å². The van der Waals surface area contributed by atoms with Crippen LogP contribution in [0.5, 0.6) is 0 Å². The molecular formula is C29H27N7. The Morgan fingerprint density at radius 1 is 0.694 bits per heavy atom. The summed E-state index contributed by atoms with van der Waals surface area (Å²) in [7, 11) is 0. The molecule has 7 heteroatoms. The van der Waals surface area contributed by atoms with Crippen LogP contribution in [0.15, 0.2) is 54.7 Å². The zero-order valence-electron chi connectivity index (χ0n) is 19.8. The van der Waals surface area contributed by atoms with Crippen LogP contribution in [-0.4, -0.2) is 32.0 Å². The number of hydrogen-bond acceptors (Lipinski definition) is 5. The first-order chi connectivity index (χ1) is 17.7. The van der Waals surface area contributed by atoms with Crippen molar-refractivity contribution in [3.63, 3.8) is 0 Å². The molecule has 178 valence electrons. The number of aromatic nitrogens is 4. The number of H-pyrrole nitrogens is 2. The lowest BCUT2D eigenvalue weighted by Crippen LogP contribution is -2.18. The van der Waals surface area contributed by atoms with Crippen molar-refractivity contribution in [1.29, 1.82) is 5.26 Å². The van der Waals surface area contributed by atoms with Gasteiger partial charge in [-0.1, -0.05) is 48.5 Å². The molecule has 4 aliphatic rings. The third kappa shape index (κ3) is 3.41. The van der Waals surface area contributed by atoms with Gasteiger partial charge in [-0.05, 0) is 54.2 Å². The zero-order valence-corrected chi connectivity index (χ0v) is 19.8. The Balaban J connectivity index is 1.00. The number of nitrogens with zero attached hydrogens (tertiary/aromatic N) is 3. The molecule has 2 aromatic carbocycles. The zero-order chi connectivity index (χ0) is 23.8. The largest absolute Gasteiger partial charge is 0.341 e. The average molecular weight is 474 g/mol. The molecule has 36 heavy (non-hydrogen) atoms. The van der Waals surface area contributed by atoms with Crippen LogP contribution in [0, 0.1) is 23.2 Å². The Kier molecular flexibility index (Phi) is 4.34. The highest BCUT2D eigenvalue weighted by Gasteiger charge is 2.47. The highest BCUT2D eigenvalue weighted by Crippen LogP contribution is 2.46. The first-order valence-corrected chi connectivity index (χ1v) is 13.0. The van der Waals surface area contributed by atoms with Gasteiger partial charge in [-0.15, -0.1) is 0 Å². The Bertz CT molecular complexity index is 1470. The standard InChI is InChI=1S/C29H27N7/c30-13-25-27(36-29(34-25)24-12-20-10-22(20)33-24)18-7-3-16(4-8-18)15-1-5-17(6-2-15)26-14-31-28(35-26)23-11-19-9-21(19)32-23/h1-8,14,19-24,32-33H,9-12H2,(H,31,35)(H,34,36)/t19-,20?,21-,22?,23+,24+/m1/s1. The molecule has 2 aromatic heterocycles. The Labute approximate surface area is 209 Å². The first-order valence-electron chi connectivity index (χ1n) is 13.0. The maximum atomic E-state index is 9.66. The fourth-order valence-electron chi connectivity index (χ4n) is 6.24. The summed E-state index contributed by atoms with van der Waals surface area (Å²) in [5, 5.41) is 16.9. The van der Waals surface area contributed by atoms with Gasteiger partial charge in [0.1, 0.15) is 17.7 Å². The lowest BCUT2D eigenvalue weighted by molar-refractivity contribution is 0.543. The van der Waals surface area contributed by atoms with Crippen LogP contribution in [0.4, 0.5) is 0 Å². The molecule has 0 radical (unpaired) electrons. The highest BCUT2D eigenvalue weighted by molar-refractivity contribution is 5.73. The summed E-state index contributed by atoms with van der Waals surface area (Å²) in [6.07, 6.45) is 6.85. The maximum absolute atomic E-state index is 9.66. The van der Waals surface area contributed by atoms with E-state index in [1.165, 1.54) is 19.3 Å². The monoisotopic (exact) mass is 473 g/mol. The molecular weight excluding hydrogens is 446 g/mol. The van der Waals surface area contributed by atoms with Crippen LogP contribution in [0.1, 0.15) is 55.1 Å².